The lowest BCUT2D eigenvalue weighted by atomic mass is 10.0. The minimum absolute atomic E-state index is 0.0117. The van der Waals surface area contributed by atoms with E-state index in [0.29, 0.717) is 25.9 Å². The molecule has 0 saturated heterocycles. The second-order valence-electron chi connectivity index (χ2n) is 17.8. The maximum Gasteiger partial charge on any atom is 0.305 e. The number of amides is 1. The zero-order chi connectivity index (χ0) is 43.7. The van der Waals surface area contributed by atoms with Gasteiger partial charge in [0.05, 0.1) is 25.4 Å². The number of unbranched alkanes of at least 4 members (excludes halogenated alkanes) is 31. The van der Waals surface area contributed by atoms with E-state index in [1.807, 2.05) is 0 Å². The molecule has 6 heteroatoms. The van der Waals surface area contributed by atoms with Gasteiger partial charge in [-0.2, -0.15) is 0 Å². The fourth-order valence-corrected chi connectivity index (χ4v) is 7.84. The van der Waals surface area contributed by atoms with Crippen molar-refractivity contribution >= 4 is 11.9 Å². The number of carbonyl (C=O) groups excluding carboxylic acids is 2. The molecule has 0 aromatic heterocycles. The summed E-state index contributed by atoms with van der Waals surface area (Å²) in [4.78, 5) is 24.4. The molecular formula is C54H101NO5. The SMILES string of the molecule is CCCCC/C=C\C/C=C\CCCCCCCC(=O)OCCCCCCCCCCC/C=C\CCCCCCCC(=O)NC(CO)C(O)CCCCCCCCCCCC. The molecule has 352 valence electrons. The van der Waals surface area contributed by atoms with Crippen LogP contribution in [-0.2, 0) is 14.3 Å². The van der Waals surface area contributed by atoms with Crippen LogP contribution in [0.1, 0.15) is 271 Å². The summed E-state index contributed by atoms with van der Waals surface area (Å²) in [7, 11) is 0. The van der Waals surface area contributed by atoms with Crippen LogP contribution in [0.4, 0.5) is 0 Å². The van der Waals surface area contributed by atoms with Gasteiger partial charge >= 0.3 is 5.97 Å². The number of hydrogen-bond acceptors (Lipinski definition) is 5. The van der Waals surface area contributed by atoms with E-state index in [0.717, 1.165) is 70.6 Å². The second-order valence-corrected chi connectivity index (χ2v) is 17.8. The number of aliphatic hydroxyl groups excluding tert-OH is 2. The van der Waals surface area contributed by atoms with Crippen molar-refractivity contribution in [2.45, 2.75) is 283 Å². The molecule has 0 aliphatic heterocycles. The van der Waals surface area contributed by atoms with E-state index in [-0.39, 0.29) is 18.5 Å². The van der Waals surface area contributed by atoms with E-state index < -0.39 is 12.1 Å². The number of allylic oxidation sites excluding steroid dienone is 6. The zero-order valence-corrected chi connectivity index (χ0v) is 39.9. The van der Waals surface area contributed by atoms with Crippen molar-refractivity contribution < 1.29 is 24.5 Å². The number of aliphatic hydroxyl groups is 2. The molecule has 0 aromatic carbocycles. The fourth-order valence-electron chi connectivity index (χ4n) is 7.84. The maximum absolute atomic E-state index is 12.4. The zero-order valence-electron chi connectivity index (χ0n) is 39.9. The Kier molecular flexibility index (Phi) is 48.1. The number of hydrogen-bond donors (Lipinski definition) is 3. The second kappa shape index (κ2) is 49.7. The van der Waals surface area contributed by atoms with Crippen molar-refractivity contribution in [1.29, 1.82) is 0 Å². The predicted octanol–water partition coefficient (Wildman–Crippen LogP) is 15.7. The largest absolute Gasteiger partial charge is 0.466 e. The highest BCUT2D eigenvalue weighted by molar-refractivity contribution is 5.76. The maximum atomic E-state index is 12.4. The van der Waals surface area contributed by atoms with Crippen molar-refractivity contribution in [2.75, 3.05) is 13.2 Å². The Hall–Kier alpha value is -1.92. The Balaban J connectivity index is 3.44. The standard InChI is InChI=1S/C54H101NO5/c1-3-5-7-9-11-13-15-16-21-25-28-32-36-40-44-48-54(59)60-49-45-41-37-33-29-26-23-20-18-17-19-22-24-27-31-35-39-43-47-53(58)55-51(50-56)52(57)46-42-38-34-30-14-12-10-8-6-4-2/h11,13,16,19,21-22,51-52,56-57H,3-10,12,14-15,17-18,20,23-50H2,1-2H3,(H,55,58)/b13-11-,21-16-,22-19-. The van der Waals surface area contributed by atoms with Gasteiger partial charge in [0, 0.05) is 12.8 Å². The summed E-state index contributed by atoms with van der Waals surface area (Å²) in [5.74, 6) is -0.0639. The number of carbonyl (C=O) groups is 2. The van der Waals surface area contributed by atoms with Crippen molar-refractivity contribution in [1.82, 2.24) is 5.32 Å². The first-order chi connectivity index (χ1) is 29.5. The molecular weight excluding hydrogens is 743 g/mol. The van der Waals surface area contributed by atoms with Gasteiger partial charge in [0.1, 0.15) is 0 Å². The first-order valence-electron chi connectivity index (χ1n) is 26.2. The van der Waals surface area contributed by atoms with Crippen LogP contribution >= 0.6 is 0 Å². The lowest BCUT2D eigenvalue weighted by Crippen LogP contribution is -2.45. The third-order valence-electron chi connectivity index (χ3n) is 11.9. The van der Waals surface area contributed by atoms with Crippen molar-refractivity contribution in [3.05, 3.63) is 36.5 Å². The fraction of sp³-hybridized carbons (Fsp3) is 0.852. The van der Waals surface area contributed by atoms with Crippen LogP contribution in [0, 0.1) is 0 Å². The summed E-state index contributed by atoms with van der Waals surface area (Å²) < 4.78 is 5.46. The van der Waals surface area contributed by atoms with E-state index in [1.165, 1.54) is 167 Å². The van der Waals surface area contributed by atoms with Crippen LogP contribution in [0.5, 0.6) is 0 Å². The lowest BCUT2D eigenvalue weighted by Gasteiger charge is -2.22. The van der Waals surface area contributed by atoms with Gasteiger partial charge in [-0.15, -0.1) is 0 Å². The lowest BCUT2D eigenvalue weighted by molar-refractivity contribution is -0.143. The summed E-state index contributed by atoms with van der Waals surface area (Å²) in [6.45, 7) is 4.88. The third kappa shape index (κ3) is 45.6. The highest BCUT2D eigenvalue weighted by Gasteiger charge is 2.20. The van der Waals surface area contributed by atoms with Crippen LogP contribution in [0.25, 0.3) is 0 Å². The number of ether oxygens (including phenoxy) is 1. The van der Waals surface area contributed by atoms with Crippen LogP contribution < -0.4 is 5.32 Å². The third-order valence-corrected chi connectivity index (χ3v) is 11.9. The van der Waals surface area contributed by atoms with Gasteiger partial charge in [-0.25, -0.2) is 0 Å². The molecule has 2 atom stereocenters. The van der Waals surface area contributed by atoms with Gasteiger partial charge < -0.3 is 20.3 Å². The first-order valence-corrected chi connectivity index (χ1v) is 26.2. The van der Waals surface area contributed by atoms with E-state index in [1.54, 1.807) is 0 Å². The molecule has 0 rings (SSSR count). The normalized spacial score (nSPS) is 12.9. The summed E-state index contributed by atoms with van der Waals surface area (Å²) in [6.07, 6.45) is 59.8. The summed E-state index contributed by atoms with van der Waals surface area (Å²) in [5.41, 5.74) is 0. The summed E-state index contributed by atoms with van der Waals surface area (Å²) in [5, 5.41) is 23.1. The molecule has 6 nitrogen and oxygen atoms in total. The molecule has 0 aliphatic rings. The average Bonchev–Trinajstić information content (AvgIpc) is 3.25. The summed E-state index contributed by atoms with van der Waals surface area (Å²) >= 11 is 0. The molecule has 0 heterocycles. The van der Waals surface area contributed by atoms with Crippen molar-refractivity contribution in [3.8, 4) is 0 Å². The molecule has 2 unspecified atom stereocenters. The Morgan fingerprint density at radius 2 is 0.833 bits per heavy atom. The van der Waals surface area contributed by atoms with Gasteiger partial charge in [-0.1, -0.05) is 211 Å². The highest BCUT2D eigenvalue weighted by atomic mass is 16.5. The number of nitrogens with one attached hydrogen (secondary N) is 1. The van der Waals surface area contributed by atoms with Crippen LogP contribution in [0.15, 0.2) is 36.5 Å². The van der Waals surface area contributed by atoms with E-state index in [4.69, 9.17) is 4.74 Å². The van der Waals surface area contributed by atoms with Crippen molar-refractivity contribution in [3.63, 3.8) is 0 Å². The van der Waals surface area contributed by atoms with Crippen LogP contribution in [0.3, 0.4) is 0 Å². The van der Waals surface area contributed by atoms with Gasteiger partial charge in [-0.05, 0) is 83.5 Å². The molecule has 0 aromatic rings. The number of rotatable bonds is 48. The van der Waals surface area contributed by atoms with Gasteiger partial charge in [0.25, 0.3) is 0 Å². The minimum Gasteiger partial charge on any atom is -0.466 e. The molecule has 0 aliphatic carbocycles. The Morgan fingerprint density at radius 3 is 1.32 bits per heavy atom. The van der Waals surface area contributed by atoms with E-state index >= 15 is 0 Å². The molecule has 0 saturated carbocycles. The quantitative estimate of drug-likeness (QED) is 0.0322. The van der Waals surface area contributed by atoms with Crippen LogP contribution in [-0.4, -0.2) is 47.4 Å². The van der Waals surface area contributed by atoms with Gasteiger partial charge in [0.2, 0.25) is 5.91 Å². The Bertz CT molecular complexity index is 977. The van der Waals surface area contributed by atoms with Gasteiger partial charge in [0.15, 0.2) is 0 Å². The molecule has 0 spiro atoms. The predicted molar refractivity (Wildman–Crippen MR) is 259 cm³/mol. The topological polar surface area (TPSA) is 95.9 Å². The minimum atomic E-state index is -0.671. The van der Waals surface area contributed by atoms with E-state index in [2.05, 4.69) is 55.6 Å². The summed E-state index contributed by atoms with van der Waals surface area (Å²) in [6, 6.07) is -0.550. The molecule has 0 radical (unpaired) electrons. The smallest absolute Gasteiger partial charge is 0.305 e. The average molecular weight is 844 g/mol. The molecule has 1 amide bonds. The monoisotopic (exact) mass is 844 g/mol. The Morgan fingerprint density at radius 1 is 0.467 bits per heavy atom. The molecule has 0 fully saturated rings. The first kappa shape index (κ1) is 58.1. The van der Waals surface area contributed by atoms with Crippen molar-refractivity contribution in [2.24, 2.45) is 0 Å². The van der Waals surface area contributed by atoms with Gasteiger partial charge in [-0.3, -0.25) is 9.59 Å². The van der Waals surface area contributed by atoms with E-state index in [9.17, 15) is 19.8 Å². The Labute approximate surface area is 373 Å². The molecule has 60 heavy (non-hydrogen) atoms. The molecule has 3 N–H and O–H groups in total. The highest BCUT2D eigenvalue weighted by Crippen LogP contribution is 2.15. The van der Waals surface area contributed by atoms with Crippen LogP contribution in [0.2, 0.25) is 0 Å². The molecule has 0 bridgehead atoms. The number of esters is 1.